The lowest BCUT2D eigenvalue weighted by Crippen LogP contribution is -2.56. The average molecular weight is 297 g/mol. The molecule has 2 fully saturated rings. The number of rotatable bonds is 3. The van der Waals surface area contributed by atoms with Crippen molar-refractivity contribution < 1.29 is 9.53 Å². The first kappa shape index (κ1) is 15.3. The Morgan fingerprint density at radius 2 is 2.05 bits per heavy atom. The van der Waals surface area contributed by atoms with Crippen LogP contribution in [0.2, 0.25) is 0 Å². The number of nitrogens with one attached hydrogen (secondary N) is 2. The van der Waals surface area contributed by atoms with E-state index < -0.39 is 0 Å². The maximum absolute atomic E-state index is 12.3. The van der Waals surface area contributed by atoms with Gasteiger partial charge in [0.25, 0.3) is 5.91 Å². The van der Waals surface area contributed by atoms with Gasteiger partial charge < -0.3 is 15.4 Å². The summed E-state index contributed by atoms with van der Waals surface area (Å²) in [5, 5.41) is 6.40. The van der Waals surface area contributed by atoms with Crippen molar-refractivity contribution in [2.75, 3.05) is 19.7 Å². The Morgan fingerprint density at radius 1 is 1.30 bits per heavy atom. The van der Waals surface area contributed by atoms with Crippen molar-refractivity contribution >= 4 is 18.3 Å². The van der Waals surface area contributed by atoms with Crippen molar-refractivity contribution in [3.8, 4) is 0 Å². The van der Waals surface area contributed by atoms with E-state index in [4.69, 9.17) is 4.74 Å². The van der Waals surface area contributed by atoms with Gasteiger partial charge in [-0.25, -0.2) is 0 Å². The lowest BCUT2D eigenvalue weighted by atomic mass is 9.71. The van der Waals surface area contributed by atoms with Crippen LogP contribution >= 0.6 is 12.4 Å². The number of hydrogen-bond donors (Lipinski definition) is 2. The maximum atomic E-state index is 12.3. The van der Waals surface area contributed by atoms with Crippen molar-refractivity contribution in [2.24, 2.45) is 0 Å². The number of hydrogen-bond acceptors (Lipinski definition) is 3. The molecule has 1 atom stereocenters. The molecule has 4 nitrogen and oxygen atoms in total. The molecule has 1 amide bonds. The molecule has 0 spiro atoms. The highest BCUT2D eigenvalue weighted by Crippen LogP contribution is 2.41. The zero-order chi connectivity index (χ0) is 13.1. The van der Waals surface area contributed by atoms with Gasteiger partial charge in [-0.15, -0.1) is 12.4 Å². The largest absolute Gasteiger partial charge is 0.366 e. The van der Waals surface area contributed by atoms with Gasteiger partial charge in [0.2, 0.25) is 0 Å². The second-order valence-corrected chi connectivity index (χ2v) is 5.35. The summed E-state index contributed by atoms with van der Waals surface area (Å²) in [6.07, 6.45) is 2.85. The molecule has 1 heterocycles. The molecule has 1 aliphatic carbocycles. The molecule has 1 aromatic carbocycles. The highest BCUT2D eigenvalue weighted by Gasteiger charge is 2.41. The Bertz CT molecular complexity index is 442. The van der Waals surface area contributed by atoms with E-state index in [-0.39, 0.29) is 30.0 Å². The van der Waals surface area contributed by atoms with Gasteiger partial charge in [0.05, 0.1) is 12.1 Å². The van der Waals surface area contributed by atoms with Crippen LogP contribution in [0.15, 0.2) is 30.3 Å². The van der Waals surface area contributed by atoms with Crippen molar-refractivity contribution in [1.29, 1.82) is 0 Å². The minimum atomic E-state index is -0.352. The Balaban J connectivity index is 0.00000147. The third-order valence-electron chi connectivity index (χ3n) is 4.12. The SMILES string of the molecule is Cl.O=C(NC1(c2ccccc2)CCC1)C1CNCCO1. The lowest BCUT2D eigenvalue weighted by Gasteiger charge is -2.44. The van der Waals surface area contributed by atoms with Gasteiger partial charge in [-0.3, -0.25) is 4.79 Å². The summed E-state index contributed by atoms with van der Waals surface area (Å²) in [5.41, 5.74) is 1.04. The summed E-state index contributed by atoms with van der Waals surface area (Å²) in [4.78, 5) is 12.3. The molecule has 1 saturated heterocycles. The van der Waals surface area contributed by atoms with E-state index in [9.17, 15) is 4.79 Å². The third-order valence-corrected chi connectivity index (χ3v) is 4.12. The number of ether oxygens (including phenoxy) is 1. The zero-order valence-electron chi connectivity index (χ0n) is 11.4. The summed E-state index contributed by atoms with van der Waals surface area (Å²) in [5.74, 6) is 0.00996. The molecule has 1 aliphatic heterocycles. The predicted octanol–water partition coefficient (Wildman–Crippen LogP) is 1.59. The van der Waals surface area contributed by atoms with Crippen LogP contribution in [0.4, 0.5) is 0 Å². The molecule has 5 heteroatoms. The van der Waals surface area contributed by atoms with Crippen LogP contribution in [0.5, 0.6) is 0 Å². The van der Waals surface area contributed by atoms with Crippen LogP contribution < -0.4 is 10.6 Å². The first-order chi connectivity index (χ1) is 9.30. The molecule has 3 rings (SSSR count). The quantitative estimate of drug-likeness (QED) is 0.891. The molecule has 0 aromatic heterocycles. The summed E-state index contributed by atoms with van der Waals surface area (Å²) >= 11 is 0. The predicted molar refractivity (Wildman–Crippen MR) is 80.0 cm³/mol. The van der Waals surface area contributed by atoms with Gasteiger partial charge in [0.15, 0.2) is 0 Å². The second-order valence-electron chi connectivity index (χ2n) is 5.35. The maximum Gasteiger partial charge on any atom is 0.251 e. The third kappa shape index (κ3) is 2.97. The molecule has 0 bridgehead atoms. The number of morpholine rings is 1. The van der Waals surface area contributed by atoms with Crippen LogP contribution in [0, 0.1) is 0 Å². The molecule has 20 heavy (non-hydrogen) atoms. The first-order valence-corrected chi connectivity index (χ1v) is 7.00. The Hall–Kier alpha value is -1.10. The Morgan fingerprint density at radius 3 is 2.60 bits per heavy atom. The number of amides is 1. The summed E-state index contributed by atoms with van der Waals surface area (Å²) in [7, 11) is 0. The molecular weight excluding hydrogens is 276 g/mol. The molecular formula is C15H21ClN2O2. The van der Waals surface area contributed by atoms with Crippen LogP contribution in [0.3, 0.4) is 0 Å². The van der Waals surface area contributed by atoms with E-state index in [0.29, 0.717) is 13.2 Å². The molecule has 1 saturated carbocycles. The topological polar surface area (TPSA) is 50.4 Å². The van der Waals surface area contributed by atoms with E-state index in [1.807, 2.05) is 18.2 Å². The highest BCUT2D eigenvalue weighted by molar-refractivity contribution is 5.85. The number of benzene rings is 1. The lowest BCUT2D eigenvalue weighted by molar-refractivity contribution is -0.137. The van der Waals surface area contributed by atoms with Crippen molar-refractivity contribution in [1.82, 2.24) is 10.6 Å². The minimum absolute atomic E-state index is 0. The van der Waals surface area contributed by atoms with Gasteiger partial charge >= 0.3 is 0 Å². The number of halogens is 1. The second kappa shape index (κ2) is 6.57. The smallest absolute Gasteiger partial charge is 0.251 e. The van der Waals surface area contributed by atoms with E-state index in [1.165, 1.54) is 12.0 Å². The Kier molecular flexibility index (Phi) is 5.02. The van der Waals surface area contributed by atoms with Gasteiger partial charge in [0, 0.05) is 13.1 Å². The van der Waals surface area contributed by atoms with Crippen LogP contribution in [-0.4, -0.2) is 31.7 Å². The van der Waals surface area contributed by atoms with Gasteiger partial charge in [-0.05, 0) is 24.8 Å². The van der Waals surface area contributed by atoms with E-state index in [2.05, 4.69) is 22.8 Å². The first-order valence-electron chi connectivity index (χ1n) is 7.00. The fourth-order valence-corrected chi connectivity index (χ4v) is 2.82. The van der Waals surface area contributed by atoms with Crippen LogP contribution in [-0.2, 0) is 15.1 Å². The molecule has 0 radical (unpaired) electrons. The van der Waals surface area contributed by atoms with Crippen LogP contribution in [0.1, 0.15) is 24.8 Å². The summed E-state index contributed by atoms with van der Waals surface area (Å²) in [6, 6.07) is 10.3. The monoisotopic (exact) mass is 296 g/mol. The van der Waals surface area contributed by atoms with Gasteiger partial charge in [0.1, 0.15) is 6.10 Å². The molecule has 2 aliphatic rings. The number of carbonyl (C=O) groups is 1. The van der Waals surface area contributed by atoms with Crippen molar-refractivity contribution in [2.45, 2.75) is 30.9 Å². The highest BCUT2D eigenvalue weighted by atomic mass is 35.5. The molecule has 1 unspecified atom stereocenters. The Labute approximate surface area is 125 Å². The zero-order valence-corrected chi connectivity index (χ0v) is 12.2. The molecule has 1 aromatic rings. The van der Waals surface area contributed by atoms with Gasteiger partial charge in [-0.1, -0.05) is 30.3 Å². The van der Waals surface area contributed by atoms with E-state index >= 15 is 0 Å². The normalized spacial score (nSPS) is 24.1. The molecule has 2 N–H and O–H groups in total. The fourth-order valence-electron chi connectivity index (χ4n) is 2.82. The summed E-state index contributed by atoms with van der Waals surface area (Å²) < 4.78 is 5.52. The summed E-state index contributed by atoms with van der Waals surface area (Å²) in [6.45, 7) is 2.04. The van der Waals surface area contributed by atoms with E-state index in [1.54, 1.807) is 0 Å². The minimum Gasteiger partial charge on any atom is -0.366 e. The fraction of sp³-hybridized carbons (Fsp3) is 0.533. The van der Waals surface area contributed by atoms with E-state index in [0.717, 1.165) is 19.4 Å². The number of carbonyl (C=O) groups excluding carboxylic acids is 1. The van der Waals surface area contributed by atoms with Crippen molar-refractivity contribution in [3.05, 3.63) is 35.9 Å². The van der Waals surface area contributed by atoms with Crippen LogP contribution in [0.25, 0.3) is 0 Å². The van der Waals surface area contributed by atoms with Gasteiger partial charge in [-0.2, -0.15) is 0 Å². The van der Waals surface area contributed by atoms with Crippen molar-refractivity contribution in [3.63, 3.8) is 0 Å². The molecule has 110 valence electrons. The standard InChI is InChI=1S/C15H20N2O2.ClH/c18-14(13-11-16-9-10-19-13)17-15(7-4-8-15)12-5-2-1-3-6-12;/h1-3,5-6,13,16H,4,7-11H2,(H,17,18);1H. The average Bonchev–Trinajstić information content (AvgIpc) is 2.44.